The van der Waals surface area contributed by atoms with Gasteiger partial charge in [-0.1, -0.05) is 29.8 Å². The molecule has 2 aromatic rings. The number of hydrogen-bond acceptors (Lipinski definition) is 2. The van der Waals surface area contributed by atoms with Crippen molar-refractivity contribution in [2.45, 2.75) is 38.6 Å². The molecule has 3 rings (SSSR count). The molecule has 98 valence electrons. The van der Waals surface area contributed by atoms with Crippen LogP contribution in [0.5, 0.6) is 0 Å². The Morgan fingerprint density at radius 2 is 1.95 bits per heavy atom. The molecule has 1 N–H and O–H groups in total. The Morgan fingerprint density at radius 1 is 1.11 bits per heavy atom. The molecular formula is C17H20N2. The van der Waals surface area contributed by atoms with Crippen molar-refractivity contribution in [2.75, 3.05) is 5.32 Å². The lowest BCUT2D eigenvalue weighted by Gasteiger charge is -2.37. The first-order chi connectivity index (χ1) is 9.20. The van der Waals surface area contributed by atoms with Gasteiger partial charge in [0.1, 0.15) is 0 Å². The van der Waals surface area contributed by atoms with E-state index in [0.29, 0.717) is 6.04 Å². The third-order valence-electron chi connectivity index (χ3n) is 3.93. The van der Waals surface area contributed by atoms with Gasteiger partial charge in [0.05, 0.1) is 11.9 Å². The van der Waals surface area contributed by atoms with E-state index in [-0.39, 0.29) is 0 Å². The highest BCUT2D eigenvalue weighted by atomic mass is 14.9. The average Bonchev–Trinajstić information content (AvgIpc) is 2.35. The van der Waals surface area contributed by atoms with E-state index >= 15 is 0 Å². The Balaban J connectivity index is 1.57. The zero-order chi connectivity index (χ0) is 13.2. The van der Waals surface area contributed by atoms with Crippen molar-refractivity contribution in [1.82, 2.24) is 4.98 Å². The van der Waals surface area contributed by atoms with Crippen LogP contribution >= 0.6 is 0 Å². The Bertz CT molecular complexity index is 554. The molecular weight excluding hydrogens is 232 g/mol. The summed E-state index contributed by atoms with van der Waals surface area (Å²) in [5, 5.41) is 3.56. The predicted octanol–water partition coefficient (Wildman–Crippen LogP) is 4.06. The quantitative estimate of drug-likeness (QED) is 0.891. The summed E-state index contributed by atoms with van der Waals surface area (Å²) < 4.78 is 0. The van der Waals surface area contributed by atoms with Crippen LogP contribution < -0.4 is 5.32 Å². The fourth-order valence-electron chi connectivity index (χ4n) is 2.72. The minimum Gasteiger partial charge on any atom is -0.381 e. The van der Waals surface area contributed by atoms with Gasteiger partial charge in [-0.2, -0.15) is 0 Å². The standard InChI is InChI=1S/C17H20N2/c1-12-4-3-5-14(8-12)15-9-17(10-15)19-16-7-6-13(2)18-11-16/h3-8,11,15,17,19H,9-10H2,1-2H3. The molecule has 0 bridgehead atoms. The van der Waals surface area contributed by atoms with E-state index in [2.05, 4.69) is 53.6 Å². The van der Waals surface area contributed by atoms with E-state index in [1.165, 1.54) is 24.0 Å². The predicted molar refractivity (Wildman–Crippen MR) is 79.5 cm³/mol. The number of benzene rings is 1. The largest absolute Gasteiger partial charge is 0.381 e. The monoisotopic (exact) mass is 252 g/mol. The van der Waals surface area contributed by atoms with Crippen LogP contribution in [0.2, 0.25) is 0 Å². The Morgan fingerprint density at radius 3 is 2.63 bits per heavy atom. The fraction of sp³-hybridized carbons (Fsp3) is 0.353. The number of nitrogens with zero attached hydrogens (tertiary/aromatic N) is 1. The fourth-order valence-corrected chi connectivity index (χ4v) is 2.72. The lowest BCUT2D eigenvalue weighted by atomic mass is 9.75. The molecule has 2 nitrogen and oxygen atoms in total. The number of pyridine rings is 1. The van der Waals surface area contributed by atoms with Crippen molar-refractivity contribution in [3.63, 3.8) is 0 Å². The molecule has 0 atom stereocenters. The summed E-state index contributed by atoms with van der Waals surface area (Å²) >= 11 is 0. The zero-order valence-corrected chi connectivity index (χ0v) is 11.6. The lowest BCUT2D eigenvalue weighted by Crippen LogP contribution is -2.34. The number of hydrogen-bond donors (Lipinski definition) is 1. The second-order valence-electron chi connectivity index (χ2n) is 5.61. The molecule has 19 heavy (non-hydrogen) atoms. The smallest absolute Gasteiger partial charge is 0.0529 e. The van der Waals surface area contributed by atoms with Crippen molar-refractivity contribution >= 4 is 5.69 Å². The van der Waals surface area contributed by atoms with Gasteiger partial charge >= 0.3 is 0 Å². The SMILES string of the molecule is Cc1cccc(C2CC(Nc3ccc(C)nc3)C2)c1. The van der Waals surface area contributed by atoms with E-state index < -0.39 is 0 Å². The molecule has 1 fully saturated rings. The molecule has 1 aromatic carbocycles. The average molecular weight is 252 g/mol. The summed E-state index contributed by atoms with van der Waals surface area (Å²) in [7, 11) is 0. The molecule has 1 aromatic heterocycles. The van der Waals surface area contributed by atoms with Crippen molar-refractivity contribution in [2.24, 2.45) is 0 Å². The summed E-state index contributed by atoms with van der Waals surface area (Å²) in [6, 6.07) is 13.7. The summed E-state index contributed by atoms with van der Waals surface area (Å²) in [6.45, 7) is 4.18. The highest BCUT2D eigenvalue weighted by Crippen LogP contribution is 2.38. The van der Waals surface area contributed by atoms with Gasteiger partial charge in [-0.3, -0.25) is 4.98 Å². The van der Waals surface area contributed by atoms with Crippen molar-refractivity contribution in [3.8, 4) is 0 Å². The van der Waals surface area contributed by atoms with Crippen LogP contribution in [0, 0.1) is 13.8 Å². The summed E-state index contributed by atoms with van der Waals surface area (Å²) in [5.74, 6) is 0.718. The Labute approximate surface area is 114 Å². The second kappa shape index (κ2) is 5.04. The van der Waals surface area contributed by atoms with Gasteiger partial charge in [0.25, 0.3) is 0 Å². The third-order valence-corrected chi connectivity index (χ3v) is 3.93. The molecule has 0 spiro atoms. The molecule has 0 saturated heterocycles. The molecule has 0 aliphatic heterocycles. The number of nitrogens with one attached hydrogen (secondary N) is 1. The maximum absolute atomic E-state index is 4.32. The van der Waals surface area contributed by atoms with E-state index in [1.54, 1.807) is 0 Å². The molecule has 1 aliphatic carbocycles. The van der Waals surface area contributed by atoms with Gasteiger partial charge in [-0.15, -0.1) is 0 Å². The number of anilines is 1. The van der Waals surface area contributed by atoms with Crippen LogP contribution in [-0.4, -0.2) is 11.0 Å². The number of aryl methyl sites for hydroxylation is 2. The van der Waals surface area contributed by atoms with E-state index in [0.717, 1.165) is 17.3 Å². The van der Waals surface area contributed by atoms with E-state index in [4.69, 9.17) is 0 Å². The van der Waals surface area contributed by atoms with Gasteiger partial charge < -0.3 is 5.32 Å². The molecule has 0 unspecified atom stereocenters. The minimum absolute atomic E-state index is 0.593. The van der Waals surface area contributed by atoms with Crippen molar-refractivity contribution < 1.29 is 0 Å². The first-order valence-electron chi connectivity index (χ1n) is 6.96. The first-order valence-corrected chi connectivity index (χ1v) is 6.96. The van der Waals surface area contributed by atoms with Crippen LogP contribution in [0.15, 0.2) is 42.6 Å². The molecule has 1 saturated carbocycles. The number of aromatic nitrogens is 1. The number of rotatable bonds is 3. The molecule has 0 amide bonds. The van der Waals surface area contributed by atoms with Gasteiger partial charge in [0.2, 0.25) is 0 Å². The first kappa shape index (κ1) is 12.2. The van der Waals surface area contributed by atoms with Gasteiger partial charge in [-0.25, -0.2) is 0 Å². The normalized spacial score (nSPS) is 21.8. The lowest BCUT2D eigenvalue weighted by molar-refractivity contribution is 0.374. The third kappa shape index (κ3) is 2.78. The zero-order valence-electron chi connectivity index (χ0n) is 11.6. The van der Waals surface area contributed by atoms with E-state index in [9.17, 15) is 0 Å². The van der Waals surface area contributed by atoms with Crippen molar-refractivity contribution in [3.05, 3.63) is 59.4 Å². The van der Waals surface area contributed by atoms with E-state index in [1.807, 2.05) is 13.1 Å². The minimum atomic E-state index is 0.593. The molecule has 2 heteroatoms. The Kier molecular flexibility index (Phi) is 3.24. The van der Waals surface area contributed by atoms with Crippen LogP contribution in [0.25, 0.3) is 0 Å². The molecule has 0 radical (unpaired) electrons. The highest BCUT2D eigenvalue weighted by molar-refractivity contribution is 5.43. The molecule has 1 heterocycles. The van der Waals surface area contributed by atoms with Gasteiger partial charge in [0, 0.05) is 11.7 Å². The van der Waals surface area contributed by atoms with Crippen LogP contribution in [0.1, 0.15) is 35.6 Å². The maximum Gasteiger partial charge on any atom is 0.0529 e. The summed E-state index contributed by atoms with van der Waals surface area (Å²) in [6.07, 6.45) is 4.37. The van der Waals surface area contributed by atoms with Crippen molar-refractivity contribution in [1.29, 1.82) is 0 Å². The molecule has 1 aliphatic rings. The Hall–Kier alpha value is -1.83. The maximum atomic E-state index is 4.32. The van der Waals surface area contributed by atoms with Gasteiger partial charge in [-0.05, 0) is 50.3 Å². The summed E-state index contributed by atoms with van der Waals surface area (Å²) in [4.78, 5) is 4.32. The van der Waals surface area contributed by atoms with Crippen LogP contribution in [0.4, 0.5) is 5.69 Å². The van der Waals surface area contributed by atoms with Crippen LogP contribution in [0.3, 0.4) is 0 Å². The highest BCUT2D eigenvalue weighted by Gasteiger charge is 2.30. The second-order valence-corrected chi connectivity index (χ2v) is 5.61. The van der Waals surface area contributed by atoms with Crippen LogP contribution in [-0.2, 0) is 0 Å². The van der Waals surface area contributed by atoms with Gasteiger partial charge in [0.15, 0.2) is 0 Å². The summed E-state index contributed by atoms with van der Waals surface area (Å²) in [5.41, 5.74) is 5.05. The topological polar surface area (TPSA) is 24.9 Å².